The number of rotatable bonds is 6. The molecule has 0 spiro atoms. The molecule has 2 aromatic carbocycles. The van der Waals surface area contributed by atoms with E-state index in [1.165, 1.54) is 29.7 Å². The van der Waals surface area contributed by atoms with Crippen molar-refractivity contribution in [2.45, 2.75) is 32.1 Å². The summed E-state index contributed by atoms with van der Waals surface area (Å²) < 4.78 is 12.6. The number of nitrogens with zero attached hydrogens (tertiary/aromatic N) is 2. The molecule has 146 valence electrons. The van der Waals surface area contributed by atoms with E-state index in [1.54, 1.807) is 14.2 Å². The van der Waals surface area contributed by atoms with E-state index in [9.17, 15) is 0 Å². The van der Waals surface area contributed by atoms with Gasteiger partial charge in [-0.2, -0.15) is 5.10 Å². The molecule has 1 aliphatic rings. The second-order valence-electron chi connectivity index (χ2n) is 7.12. The lowest BCUT2D eigenvalue weighted by molar-refractivity contribution is 0.414. The van der Waals surface area contributed by atoms with Crippen LogP contribution in [0.2, 0.25) is 0 Å². The number of fused-ring (bicyclic) bond motifs is 1. The van der Waals surface area contributed by atoms with E-state index in [1.807, 2.05) is 24.3 Å². The maximum Gasteiger partial charge on any atom is 0.133 e. The summed E-state index contributed by atoms with van der Waals surface area (Å²) in [6.07, 6.45) is 5.37. The minimum absolute atomic E-state index is 0.856. The number of benzene rings is 2. The van der Waals surface area contributed by atoms with Gasteiger partial charge >= 0.3 is 0 Å². The summed E-state index contributed by atoms with van der Waals surface area (Å²) in [5, 5.41) is 8.60. The topological polar surface area (TPSA) is 48.3 Å². The molecule has 4 rings (SSSR count). The molecule has 3 aromatic rings. The number of aryl methyl sites for hydroxylation is 2. The Morgan fingerprint density at radius 3 is 2.25 bits per heavy atom. The number of hydrogen-bond donors (Lipinski definition) is 1. The molecule has 0 radical (unpaired) electrons. The average molecular weight is 377 g/mol. The van der Waals surface area contributed by atoms with Crippen molar-refractivity contribution in [1.29, 1.82) is 0 Å². The van der Waals surface area contributed by atoms with Crippen LogP contribution in [0.15, 0.2) is 48.5 Å². The van der Waals surface area contributed by atoms with Gasteiger partial charge in [0.25, 0.3) is 0 Å². The summed E-state index contributed by atoms with van der Waals surface area (Å²) >= 11 is 0. The molecular weight excluding hydrogens is 350 g/mol. The SMILES string of the molecule is COc1ccc(CCc2nn(-c3ccc(OC)cc3)c3c2CCCCN3)cc1. The van der Waals surface area contributed by atoms with Crippen LogP contribution in [-0.2, 0) is 19.3 Å². The molecule has 28 heavy (non-hydrogen) atoms. The van der Waals surface area contributed by atoms with E-state index in [4.69, 9.17) is 14.6 Å². The Bertz CT molecular complexity index is 914. The average Bonchev–Trinajstić information content (AvgIpc) is 2.92. The summed E-state index contributed by atoms with van der Waals surface area (Å²) in [7, 11) is 3.39. The lowest BCUT2D eigenvalue weighted by Crippen LogP contribution is -2.07. The minimum Gasteiger partial charge on any atom is -0.497 e. The molecule has 0 atom stereocenters. The van der Waals surface area contributed by atoms with E-state index in [2.05, 4.69) is 34.3 Å². The van der Waals surface area contributed by atoms with Gasteiger partial charge in [0.2, 0.25) is 0 Å². The highest BCUT2D eigenvalue weighted by Gasteiger charge is 2.20. The molecule has 0 fully saturated rings. The Hall–Kier alpha value is -2.95. The first-order valence-corrected chi connectivity index (χ1v) is 9.90. The maximum atomic E-state index is 5.29. The summed E-state index contributed by atoms with van der Waals surface area (Å²) in [6.45, 7) is 0.993. The van der Waals surface area contributed by atoms with Crippen LogP contribution in [0, 0.1) is 0 Å². The van der Waals surface area contributed by atoms with E-state index in [0.717, 1.165) is 48.8 Å². The molecule has 1 aliphatic heterocycles. The maximum absolute atomic E-state index is 5.29. The number of anilines is 1. The molecule has 0 saturated carbocycles. The zero-order chi connectivity index (χ0) is 19.3. The third-order valence-electron chi connectivity index (χ3n) is 5.34. The quantitative estimate of drug-likeness (QED) is 0.691. The van der Waals surface area contributed by atoms with Gasteiger partial charge < -0.3 is 14.8 Å². The summed E-state index contributed by atoms with van der Waals surface area (Å²) in [5.41, 5.74) is 4.91. The predicted molar refractivity (Wildman–Crippen MR) is 112 cm³/mol. The Morgan fingerprint density at radius 2 is 1.57 bits per heavy atom. The van der Waals surface area contributed by atoms with E-state index in [-0.39, 0.29) is 0 Å². The third kappa shape index (κ3) is 3.84. The monoisotopic (exact) mass is 377 g/mol. The Balaban J connectivity index is 1.61. The standard InChI is InChI=1S/C23H27N3O2/c1-27-19-11-6-17(7-12-19)8-15-22-21-5-3-4-16-24-23(21)26(25-22)18-9-13-20(28-2)14-10-18/h6-7,9-14,24H,3-5,8,15-16H2,1-2H3. The Kier molecular flexibility index (Phi) is 5.51. The largest absolute Gasteiger partial charge is 0.497 e. The van der Waals surface area contributed by atoms with Crippen molar-refractivity contribution in [3.63, 3.8) is 0 Å². The molecule has 0 amide bonds. The molecule has 5 nitrogen and oxygen atoms in total. The van der Waals surface area contributed by atoms with Crippen LogP contribution in [0.4, 0.5) is 5.82 Å². The summed E-state index contributed by atoms with van der Waals surface area (Å²) in [4.78, 5) is 0. The van der Waals surface area contributed by atoms with Crippen LogP contribution in [0.3, 0.4) is 0 Å². The normalized spacial score (nSPS) is 13.4. The van der Waals surface area contributed by atoms with Crippen LogP contribution in [0.5, 0.6) is 11.5 Å². The molecule has 0 aliphatic carbocycles. The molecule has 0 unspecified atom stereocenters. The van der Waals surface area contributed by atoms with Crippen molar-refractivity contribution >= 4 is 5.82 Å². The third-order valence-corrected chi connectivity index (χ3v) is 5.34. The van der Waals surface area contributed by atoms with Gasteiger partial charge in [-0.3, -0.25) is 0 Å². The van der Waals surface area contributed by atoms with Crippen molar-refractivity contribution in [1.82, 2.24) is 9.78 Å². The first-order valence-electron chi connectivity index (χ1n) is 9.90. The fraction of sp³-hybridized carbons (Fsp3) is 0.348. The highest BCUT2D eigenvalue weighted by atomic mass is 16.5. The zero-order valence-corrected chi connectivity index (χ0v) is 16.6. The number of methoxy groups -OCH3 is 2. The van der Waals surface area contributed by atoms with Crippen molar-refractivity contribution in [2.75, 3.05) is 26.1 Å². The van der Waals surface area contributed by atoms with Crippen LogP contribution in [-0.4, -0.2) is 30.5 Å². The second-order valence-corrected chi connectivity index (χ2v) is 7.12. The first kappa shape index (κ1) is 18.4. The molecule has 1 aromatic heterocycles. The fourth-order valence-corrected chi connectivity index (χ4v) is 3.74. The van der Waals surface area contributed by atoms with Gasteiger partial charge in [0.1, 0.15) is 17.3 Å². The molecule has 1 N–H and O–H groups in total. The van der Waals surface area contributed by atoms with Gasteiger partial charge in [-0.15, -0.1) is 0 Å². The number of hydrogen-bond acceptors (Lipinski definition) is 4. The molecule has 0 saturated heterocycles. The van der Waals surface area contributed by atoms with Crippen LogP contribution in [0.25, 0.3) is 5.69 Å². The van der Waals surface area contributed by atoms with Crippen LogP contribution < -0.4 is 14.8 Å². The van der Waals surface area contributed by atoms with E-state index >= 15 is 0 Å². The summed E-state index contributed by atoms with van der Waals surface area (Å²) in [6, 6.07) is 16.4. The van der Waals surface area contributed by atoms with Gasteiger partial charge in [0.15, 0.2) is 0 Å². The lowest BCUT2D eigenvalue weighted by atomic mass is 10.0. The highest BCUT2D eigenvalue weighted by molar-refractivity contribution is 5.55. The lowest BCUT2D eigenvalue weighted by Gasteiger charge is -2.09. The molecule has 5 heteroatoms. The predicted octanol–water partition coefficient (Wildman–Crippen LogP) is 4.42. The van der Waals surface area contributed by atoms with Crippen molar-refractivity contribution in [3.8, 4) is 17.2 Å². The number of nitrogens with one attached hydrogen (secondary N) is 1. The first-order chi connectivity index (χ1) is 13.8. The Labute approximate surface area is 166 Å². The van der Waals surface area contributed by atoms with Crippen molar-refractivity contribution < 1.29 is 9.47 Å². The van der Waals surface area contributed by atoms with Gasteiger partial charge in [-0.1, -0.05) is 12.1 Å². The summed E-state index contributed by atoms with van der Waals surface area (Å²) in [5.74, 6) is 2.90. The zero-order valence-electron chi connectivity index (χ0n) is 16.6. The minimum atomic E-state index is 0.856. The van der Waals surface area contributed by atoms with Gasteiger partial charge in [0, 0.05) is 12.1 Å². The second kappa shape index (κ2) is 8.38. The number of aromatic nitrogens is 2. The van der Waals surface area contributed by atoms with Gasteiger partial charge in [-0.25, -0.2) is 4.68 Å². The van der Waals surface area contributed by atoms with Crippen molar-refractivity contribution in [2.24, 2.45) is 0 Å². The van der Waals surface area contributed by atoms with Crippen LogP contribution >= 0.6 is 0 Å². The molecule has 2 heterocycles. The molecular formula is C23H27N3O2. The molecule has 0 bridgehead atoms. The van der Waals surface area contributed by atoms with E-state index < -0.39 is 0 Å². The smallest absolute Gasteiger partial charge is 0.133 e. The van der Waals surface area contributed by atoms with Crippen LogP contribution in [0.1, 0.15) is 29.7 Å². The highest BCUT2D eigenvalue weighted by Crippen LogP contribution is 2.29. The number of ether oxygens (including phenoxy) is 2. The van der Waals surface area contributed by atoms with Crippen molar-refractivity contribution in [3.05, 3.63) is 65.4 Å². The van der Waals surface area contributed by atoms with E-state index in [0.29, 0.717) is 0 Å². The van der Waals surface area contributed by atoms with Gasteiger partial charge in [-0.05, 0) is 74.1 Å². The Morgan fingerprint density at radius 1 is 0.893 bits per heavy atom. The van der Waals surface area contributed by atoms with Gasteiger partial charge in [0.05, 0.1) is 25.6 Å². The fourth-order valence-electron chi connectivity index (χ4n) is 3.74.